The second-order valence-electron chi connectivity index (χ2n) is 13.0. The Morgan fingerprint density at radius 1 is 1.22 bits per heavy atom. The van der Waals surface area contributed by atoms with Gasteiger partial charge in [0.05, 0.1) is 19.2 Å². The van der Waals surface area contributed by atoms with E-state index in [1.807, 2.05) is 0 Å². The minimum atomic E-state index is -0.474. The Morgan fingerprint density at radius 3 is 2.75 bits per heavy atom. The number of nitrogens with one attached hydrogen (secondary N) is 2. The molecule has 5 aliphatic rings. The van der Waals surface area contributed by atoms with Gasteiger partial charge in [-0.05, 0) is 118 Å². The lowest BCUT2D eigenvalue weighted by Gasteiger charge is -2.62. The summed E-state index contributed by atoms with van der Waals surface area (Å²) in [7, 11) is 1.44. The van der Waals surface area contributed by atoms with Crippen LogP contribution in [0.4, 0.5) is 0 Å². The van der Waals surface area contributed by atoms with Gasteiger partial charge in [-0.3, -0.25) is 14.4 Å². The average molecular weight is 499 g/mol. The number of Topliss-reactive ketones (excluding diaryl/α,β-unsaturated/α-hetero) is 1. The molecule has 1 aliphatic heterocycles. The Morgan fingerprint density at radius 2 is 2.03 bits per heavy atom. The van der Waals surface area contributed by atoms with E-state index < -0.39 is 11.5 Å². The van der Waals surface area contributed by atoms with Gasteiger partial charge in [-0.1, -0.05) is 20.8 Å². The maximum atomic E-state index is 14.7. The number of rotatable bonds is 6. The highest BCUT2D eigenvalue weighted by molar-refractivity contribution is 5.96. The minimum Gasteiger partial charge on any atom is -0.469 e. The largest absolute Gasteiger partial charge is 0.469 e. The molecule has 5 rings (SSSR count). The molecular formula is C30H46N2O4. The monoisotopic (exact) mass is 498 g/mol. The van der Waals surface area contributed by atoms with Gasteiger partial charge in [0, 0.05) is 11.8 Å². The van der Waals surface area contributed by atoms with Crippen LogP contribution in [0.2, 0.25) is 0 Å². The molecule has 4 saturated carbocycles. The zero-order valence-electron chi connectivity index (χ0n) is 22.7. The fraction of sp³-hybridized carbons (Fsp3) is 0.833. The molecular weight excluding hydrogens is 452 g/mol. The van der Waals surface area contributed by atoms with E-state index in [2.05, 4.69) is 44.2 Å². The molecule has 2 N–H and O–H groups in total. The summed E-state index contributed by atoms with van der Waals surface area (Å²) in [6, 6.07) is -0.613. The molecule has 2 radical (unpaired) electrons. The summed E-state index contributed by atoms with van der Waals surface area (Å²) >= 11 is 0. The summed E-state index contributed by atoms with van der Waals surface area (Å²) in [6.07, 6.45) is 14.5. The van der Waals surface area contributed by atoms with Gasteiger partial charge in [0.15, 0.2) is 5.78 Å². The molecule has 36 heavy (non-hydrogen) atoms. The van der Waals surface area contributed by atoms with Gasteiger partial charge < -0.3 is 15.4 Å². The van der Waals surface area contributed by atoms with Crippen molar-refractivity contribution < 1.29 is 19.1 Å². The van der Waals surface area contributed by atoms with Gasteiger partial charge in [-0.15, -0.1) is 0 Å². The quantitative estimate of drug-likeness (QED) is 0.534. The third-order valence-corrected chi connectivity index (χ3v) is 11.5. The van der Waals surface area contributed by atoms with Gasteiger partial charge in [0.25, 0.3) is 0 Å². The third-order valence-electron chi connectivity index (χ3n) is 11.5. The summed E-state index contributed by atoms with van der Waals surface area (Å²) in [4.78, 5) is 40.0. The van der Waals surface area contributed by atoms with Crippen LogP contribution in [0.15, 0.2) is 0 Å². The molecule has 5 unspecified atom stereocenters. The molecule has 0 aromatic carbocycles. The van der Waals surface area contributed by atoms with Crippen LogP contribution in [0.25, 0.3) is 0 Å². The zero-order valence-corrected chi connectivity index (χ0v) is 22.7. The third kappa shape index (κ3) is 4.14. The van der Waals surface area contributed by atoms with E-state index in [4.69, 9.17) is 4.74 Å². The molecule has 1 heterocycles. The fourth-order valence-corrected chi connectivity index (χ4v) is 9.47. The van der Waals surface area contributed by atoms with Crippen molar-refractivity contribution in [2.45, 2.75) is 97.1 Å². The van der Waals surface area contributed by atoms with Crippen molar-refractivity contribution in [3.63, 3.8) is 0 Å². The number of hydrogen-bond donors (Lipinski definition) is 2. The topological polar surface area (TPSA) is 84.5 Å². The average Bonchev–Trinajstić information content (AvgIpc) is 3.53. The zero-order chi connectivity index (χ0) is 25.7. The van der Waals surface area contributed by atoms with Crippen molar-refractivity contribution in [3.05, 3.63) is 12.8 Å². The number of carbonyl (C=O) groups is 3. The SMILES string of the molecule is COC(=O)CC[C@@H](C)C1CCC2C3[CH]C[C@@H]4C[CH]CC[C@]4(C)C3[C@H](NC(=O)C3CCCN3)C(=O)[C@@]21C. The van der Waals surface area contributed by atoms with Gasteiger partial charge >= 0.3 is 5.97 Å². The first kappa shape index (κ1) is 26.2. The molecule has 6 nitrogen and oxygen atoms in total. The number of fused-ring (bicyclic) bond motifs is 5. The predicted molar refractivity (Wildman–Crippen MR) is 138 cm³/mol. The standard InChI is InChI=1S/C30H46N2O4/c1-18(10-15-24(33)36-4)21-13-14-22-20-12-11-19-8-5-6-16-29(19,2)25(20)26(27(34)30(21,22)3)32-28(35)23-9-7-17-31-23/h5,12,18-23,25-26,31H,6-11,13-17H2,1-4H3,(H,32,35)/t18-,19+,20?,21?,22?,23?,25?,26+,29+,30-/m1/s1. The van der Waals surface area contributed by atoms with Crippen LogP contribution in [-0.4, -0.2) is 43.4 Å². The van der Waals surface area contributed by atoms with E-state index in [9.17, 15) is 14.4 Å². The summed E-state index contributed by atoms with van der Waals surface area (Å²) in [5.41, 5.74) is -0.404. The predicted octanol–water partition coefficient (Wildman–Crippen LogP) is 4.28. The van der Waals surface area contributed by atoms with Crippen LogP contribution in [0.1, 0.15) is 85.0 Å². The van der Waals surface area contributed by atoms with E-state index in [0.717, 1.165) is 64.3 Å². The van der Waals surface area contributed by atoms with E-state index >= 15 is 0 Å². The molecule has 6 heteroatoms. The number of ether oxygens (including phenoxy) is 1. The molecule has 0 spiro atoms. The molecule has 0 bridgehead atoms. The fourth-order valence-electron chi connectivity index (χ4n) is 9.47. The minimum absolute atomic E-state index is 0.00744. The molecule has 1 saturated heterocycles. The first-order chi connectivity index (χ1) is 17.2. The summed E-state index contributed by atoms with van der Waals surface area (Å²) in [5.74, 6) is 1.97. The summed E-state index contributed by atoms with van der Waals surface area (Å²) in [6.45, 7) is 7.69. The van der Waals surface area contributed by atoms with Crippen LogP contribution in [0.5, 0.6) is 0 Å². The van der Waals surface area contributed by atoms with Crippen molar-refractivity contribution >= 4 is 17.7 Å². The Bertz CT molecular complexity index is 869. The number of esters is 1. The first-order valence-electron chi connectivity index (χ1n) is 14.5. The highest BCUT2D eigenvalue weighted by Gasteiger charge is 2.67. The van der Waals surface area contributed by atoms with Crippen LogP contribution in [0.3, 0.4) is 0 Å². The maximum Gasteiger partial charge on any atom is 0.305 e. The molecule has 0 aromatic rings. The lowest BCUT2D eigenvalue weighted by atomic mass is 9.43. The van der Waals surface area contributed by atoms with Crippen molar-refractivity contribution in [1.29, 1.82) is 0 Å². The number of amides is 1. The van der Waals surface area contributed by atoms with Crippen molar-refractivity contribution in [1.82, 2.24) is 10.6 Å². The number of methoxy groups -OCH3 is 1. The van der Waals surface area contributed by atoms with Crippen LogP contribution in [-0.2, 0) is 19.1 Å². The normalized spacial score (nSPS) is 44.8. The Kier molecular flexibility index (Phi) is 7.30. The lowest BCUT2D eigenvalue weighted by molar-refractivity contribution is -0.160. The van der Waals surface area contributed by atoms with Crippen LogP contribution in [0, 0.1) is 59.2 Å². The molecule has 0 aromatic heterocycles. The van der Waals surface area contributed by atoms with Gasteiger partial charge in [0.2, 0.25) is 5.91 Å². The van der Waals surface area contributed by atoms with E-state index in [-0.39, 0.29) is 46.9 Å². The highest BCUT2D eigenvalue weighted by Crippen LogP contribution is 2.67. The van der Waals surface area contributed by atoms with Crippen molar-refractivity contribution in [2.75, 3.05) is 13.7 Å². The number of ketones is 1. The Labute approximate surface area is 217 Å². The molecule has 5 fully saturated rings. The van der Waals surface area contributed by atoms with Gasteiger partial charge in [0.1, 0.15) is 0 Å². The van der Waals surface area contributed by atoms with Crippen LogP contribution >= 0.6 is 0 Å². The highest BCUT2D eigenvalue weighted by atomic mass is 16.5. The van der Waals surface area contributed by atoms with Crippen molar-refractivity contribution in [3.8, 4) is 0 Å². The summed E-state index contributed by atoms with van der Waals surface area (Å²) < 4.78 is 4.89. The molecule has 1 amide bonds. The lowest BCUT2D eigenvalue weighted by Crippen LogP contribution is -2.68. The van der Waals surface area contributed by atoms with Crippen LogP contribution < -0.4 is 10.6 Å². The Balaban J connectivity index is 1.48. The molecule has 10 atom stereocenters. The second kappa shape index (κ2) is 10.0. The summed E-state index contributed by atoms with van der Waals surface area (Å²) in [5, 5.41) is 6.70. The smallest absolute Gasteiger partial charge is 0.305 e. The molecule has 4 aliphatic carbocycles. The van der Waals surface area contributed by atoms with Crippen molar-refractivity contribution in [2.24, 2.45) is 46.3 Å². The van der Waals surface area contributed by atoms with E-state index in [0.29, 0.717) is 24.2 Å². The van der Waals surface area contributed by atoms with Gasteiger partial charge in [-0.25, -0.2) is 0 Å². The number of carbonyl (C=O) groups excluding carboxylic acids is 3. The van der Waals surface area contributed by atoms with E-state index in [1.54, 1.807) is 0 Å². The Hall–Kier alpha value is -1.43. The maximum absolute atomic E-state index is 14.7. The van der Waals surface area contributed by atoms with E-state index in [1.165, 1.54) is 7.11 Å². The first-order valence-corrected chi connectivity index (χ1v) is 14.5. The molecule has 200 valence electrons. The second-order valence-corrected chi connectivity index (χ2v) is 13.0. The van der Waals surface area contributed by atoms with Gasteiger partial charge in [-0.2, -0.15) is 0 Å². The number of hydrogen-bond acceptors (Lipinski definition) is 5.